The Balaban J connectivity index is 2.00. The van der Waals surface area contributed by atoms with E-state index in [2.05, 4.69) is 36.1 Å². The summed E-state index contributed by atoms with van der Waals surface area (Å²) >= 11 is 0. The van der Waals surface area contributed by atoms with Gasteiger partial charge in [0.15, 0.2) is 0 Å². The molecule has 4 rings (SSSR count). The molecule has 0 spiro atoms. The molecule has 3 aromatic rings. The van der Waals surface area contributed by atoms with E-state index in [1.165, 1.54) is 34.7 Å². The molecule has 0 aromatic heterocycles. The number of benzene rings is 3. The number of rotatable bonds is 6. The average Bonchev–Trinajstić information content (AvgIpc) is 2.76. The monoisotopic (exact) mass is 379 g/mol. The molecule has 1 aliphatic rings. The Morgan fingerprint density at radius 2 is 1.79 bits per heavy atom. The summed E-state index contributed by atoms with van der Waals surface area (Å²) in [6.45, 7) is 5.38. The topological polar surface area (TPSA) is 52.9 Å². The van der Waals surface area contributed by atoms with Crippen molar-refractivity contribution >= 4 is 21.5 Å². The van der Waals surface area contributed by atoms with E-state index in [0.29, 0.717) is 0 Å². The van der Waals surface area contributed by atoms with Gasteiger partial charge in [0.05, 0.1) is 20.3 Å². The number of aliphatic hydroxyl groups excluding tert-OH is 2. The van der Waals surface area contributed by atoms with Gasteiger partial charge in [0.2, 0.25) is 0 Å². The lowest BCUT2D eigenvalue weighted by Crippen LogP contribution is -2.31. The van der Waals surface area contributed by atoms with Crippen LogP contribution >= 0.6 is 0 Å². The highest BCUT2D eigenvalue weighted by molar-refractivity contribution is 6.11. The minimum absolute atomic E-state index is 0.0301. The highest BCUT2D eigenvalue weighted by Gasteiger charge is 2.22. The molecular formula is C24H29NO3. The number of ether oxygens (including phenoxy) is 1. The lowest BCUT2D eigenvalue weighted by Gasteiger charge is -2.31. The number of hydrogen-bond donors (Lipinski definition) is 2. The molecule has 1 aliphatic heterocycles. The Morgan fingerprint density at radius 1 is 0.964 bits per heavy atom. The molecule has 2 N–H and O–H groups in total. The number of fused-ring (bicyclic) bond motifs is 6. The van der Waals surface area contributed by atoms with Crippen molar-refractivity contribution in [1.29, 1.82) is 0 Å². The van der Waals surface area contributed by atoms with Crippen LogP contribution < -0.4 is 4.74 Å². The molecule has 0 saturated carbocycles. The third-order valence-electron chi connectivity index (χ3n) is 6.05. The van der Waals surface area contributed by atoms with Crippen molar-refractivity contribution in [3.05, 3.63) is 52.6 Å². The second kappa shape index (κ2) is 8.08. The van der Waals surface area contributed by atoms with Gasteiger partial charge < -0.3 is 14.9 Å². The van der Waals surface area contributed by atoms with Crippen LogP contribution in [0.5, 0.6) is 5.75 Å². The largest absolute Gasteiger partial charge is 0.496 e. The van der Waals surface area contributed by atoms with Gasteiger partial charge in [0.25, 0.3) is 0 Å². The molecule has 4 nitrogen and oxygen atoms in total. The van der Waals surface area contributed by atoms with Crippen molar-refractivity contribution in [3.63, 3.8) is 0 Å². The van der Waals surface area contributed by atoms with E-state index >= 15 is 0 Å². The molecule has 148 valence electrons. The first-order valence-electron chi connectivity index (χ1n) is 10.2. The van der Waals surface area contributed by atoms with E-state index in [4.69, 9.17) is 4.74 Å². The summed E-state index contributed by atoms with van der Waals surface area (Å²) in [5.74, 6) is 0.737. The number of hydrogen-bond acceptors (Lipinski definition) is 4. The van der Waals surface area contributed by atoms with Crippen LogP contribution in [0.4, 0.5) is 0 Å². The summed E-state index contributed by atoms with van der Waals surface area (Å²) in [6, 6.07) is 10.4. The lowest BCUT2D eigenvalue weighted by molar-refractivity contribution is 0.252. The Bertz CT molecular complexity index is 1010. The summed E-state index contributed by atoms with van der Waals surface area (Å²) in [5, 5.41) is 24.2. The molecular weight excluding hydrogens is 350 g/mol. The maximum absolute atomic E-state index is 9.83. The molecule has 0 saturated heterocycles. The molecule has 28 heavy (non-hydrogen) atoms. The van der Waals surface area contributed by atoms with Gasteiger partial charge in [0, 0.05) is 18.7 Å². The van der Waals surface area contributed by atoms with Crippen molar-refractivity contribution in [2.24, 2.45) is 0 Å². The fourth-order valence-electron chi connectivity index (χ4n) is 4.52. The second-order valence-electron chi connectivity index (χ2n) is 7.74. The molecule has 0 fully saturated rings. The standard InChI is InChI=1S/C24H29NO3/c1-3-4-8-25-9-7-19-18-6-5-16(14-26)10-20(18)21-11-17(15-27)24(28-2)12-22(21)23(19)13-25/h5-6,10-12,26-27H,3-4,7-9,13-15H2,1-2H3. The average molecular weight is 380 g/mol. The minimum atomic E-state index is -0.0555. The maximum Gasteiger partial charge on any atom is 0.125 e. The summed E-state index contributed by atoms with van der Waals surface area (Å²) in [7, 11) is 1.66. The van der Waals surface area contributed by atoms with Crippen LogP contribution in [-0.4, -0.2) is 35.3 Å². The third kappa shape index (κ3) is 3.26. The quantitative estimate of drug-likeness (QED) is 0.632. The Kier molecular flexibility index (Phi) is 5.54. The minimum Gasteiger partial charge on any atom is -0.496 e. The smallest absolute Gasteiger partial charge is 0.125 e. The molecule has 1 heterocycles. The zero-order chi connectivity index (χ0) is 19.7. The summed E-state index contributed by atoms with van der Waals surface area (Å²) in [5.41, 5.74) is 4.50. The predicted molar refractivity (Wildman–Crippen MR) is 114 cm³/mol. The van der Waals surface area contributed by atoms with Crippen molar-refractivity contribution < 1.29 is 14.9 Å². The van der Waals surface area contributed by atoms with Crippen molar-refractivity contribution in [2.45, 2.75) is 45.9 Å². The normalized spacial score (nSPS) is 14.6. The van der Waals surface area contributed by atoms with E-state index in [9.17, 15) is 10.2 Å². The van der Waals surface area contributed by atoms with Gasteiger partial charge in [-0.2, -0.15) is 0 Å². The van der Waals surface area contributed by atoms with Gasteiger partial charge in [-0.25, -0.2) is 0 Å². The molecule has 0 atom stereocenters. The first kappa shape index (κ1) is 19.2. The SMILES string of the molecule is CCCCN1CCc2c(c3cc(OC)c(CO)cc3c3cc(CO)ccc23)C1. The number of aliphatic hydroxyl groups is 2. The zero-order valence-electron chi connectivity index (χ0n) is 16.8. The summed E-state index contributed by atoms with van der Waals surface area (Å²) < 4.78 is 5.57. The lowest BCUT2D eigenvalue weighted by atomic mass is 9.86. The molecule has 0 bridgehead atoms. The molecule has 0 unspecified atom stereocenters. The van der Waals surface area contributed by atoms with Gasteiger partial charge in [-0.3, -0.25) is 4.90 Å². The maximum atomic E-state index is 9.83. The van der Waals surface area contributed by atoms with Crippen LogP contribution in [0.3, 0.4) is 0 Å². The van der Waals surface area contributed by atoms with Gasteiger partial charge >= 0.3 is 0 Å². The highest BCUT2D eigenvalue weighted by Crippen LogP contribution is 2.39. The zero-order valence-corrected chi connectivity index (χ0v) is 16.8. The van der Waals surface area contributed by atoms with Gasteiger partial charge in [-0.1, -0.05) is 25.5 Å². The molecule has 0 radical (unpaired) electrons. The highest BCUT2D eigenvalue weighted by atomic mass is 16.5. The van der Waals surface area contributed by atoms with Crippen LogP contribution in [0.1, 0.15) is 42.0 Å². The second-order valence-corrected chi connectivity index (χ2v) is 7.74. The van der Waals surface area contributed by atoms with Gasteiger partial charge in [-0.05, 0) is 75.8 Å². The molecule has 0 amide bonds. The first-order valence-corrected chi connectivity index (χ1v) is 10.2. The van der Waals surface area contributed by atoms with Crippen molar-refractivity contribution in [2.75, 3.05) is 20.2 Å². The van der Waals surface area contributed by atoms with E-state index in [1.807, 2.05) is 6.07 Å². The first-order chi connectivity index (χ1) is 13.7. The molecule has 0 aliphatic carbocycles. The van der Waals surface area contributed by atoms with E-state index in [0.717, 1.165) is 53.7 Å². The Labute approximate surface area is 166 Å². The van der Waals surface area contributed by atoms with Crippen molar-refractivity contribution in [1.82, 2.24) is 4.90 Å². The number of methoxy groups -OCH3 is 1. The Morgan fingerprint density at radius 3 is 2.50 bits per heavy atom. The summed E-state index contributed by atoms with van der Waals surface area (Å²) in [4.78, 5) is 2.55. The fraction of sp³-hybridized carbons (Fsp3) is 0.417. The van der Waals surface area contributed by atoms with Crippen LogP contribution in [0.25, 0.3) is 21.5 Å². The Hall–Kier alpha value is -2.14. The van der Waals surface area contributed by atoms with Crippen molar-refractivity contribution in [3.8, 4) is 5.75 Å². The van der Waals surface area contributed by atoms with E-state index in [1.54, 1.807) is 7.11 Å². The van der Waals surface area contributed by atoms with Crippen LogP contribution in [0, 0.1) is 0 Å². The fourth-order valence-corrected chi connectivity index (χ4v) is 4.52. The predicted octanol–water partition coefficient (Wildman–Crippen LogP) is 4.14. The molecule has 4 heteroatoms. The van der Waals surface area contributed by atoms with E-state index in [-0.39, 0.29) is 13.2 Å². The van der Waals surface area contributed by atoms with Crippen LogP contribution in [0.15, 0.2) is 30.3 Å². The van der Waals surface area contributed by atoms with E-state index < -0.39 is 0 Å². The van der Waals surface area contributed by atoms with Gasteiger partial charge in [-0.15, -0.1) is 0 Å². The third-order valence-corrected chi connectivity index (χ3v) is 6.05. The van der Waals surface area contributed by atoms with Crippen LogP contribution in [0.2, 0.25) is 0 Å². The summed E-state index contributed by atoms with van der Waals surface area (Å²) in [6.07, 6.45) is 3.46. The number of unbranched alkanes of at least 4 members (excludes halogenated alkanes) is 1. The van der Waals surface area contributed by atoms with Crippen LogP contribution in [-0.2, 0) is 26.2 Å². The number of nitrogens with zero attached hydrogens (tertiary/aromatic N) is 1. The van der Waals surface area contributed by atoms with Gasteiger partial charge in [0.1, 0.15) is 5.75 Å². The molecule has 3 aromatic carbocycles.